The van der Waals surface area contributed by atoms with Gasteiger partial charge in [0.05, 0.1) is 39.1 Å². The van der Waals surface area contributed by atoms with Crippen molar-refractivity contribution >= 4 is 17.9 Å². The molecule has 0 aliphatic heterocycles. The normalized spacial score (nSPS) is 10.6. The molecular formula is C15H27NO9. The lowest BCUT2D eigenvalue weighted by Crippen LogP contribution is -2.32. The standard InChI is InChI=1S/C15H27NO9/c17-7-10-23-13(20)1-4-16(5-2-14(21)24-11-8-18)6-3-15(22)25-12-9-19/h17-19H,1-12H2. The summed E-state index contributed by atoms with van der Waals surface area (Å²) in [6, 6.07) is 0. The predicted octanol–water partition coefficient (Wildman–Crippen LogP) is -1.93. The molecule has 0 saturated heterocycles. The van der Waals surface area contributed by atoms with Gasteiger partial charge in [0.2, 0.25) is 0 Å². The van der Waals surface area contributed by atoms with Crippen molar-refractivity contribution in [3.63, 3.8) is 0 Å². The van der Waals surface area contributed by atoms with Crippen molar-refractivity contribution < 1.29 is 43.9 Å². The number of carbonyl (C=O) groups excluding carboxylic acids is 3. The first-order valence-corrected chi connectivity index (χ1v) is 8.05. The fourth-order valence-electron chi connectivity index (χ4n) is 1.78. The number of carbonyl (C=O) groups is 3. The third kappa shape index (κ3) is 14.3. The van der Waals surface area contributed by atoms with E-state index in [1.165, 1.54) is 0 Å². The topological polar surface area (TPSA) is 143 Å². The van der Waals surface area contributed by atoms with Gasteiger partial charge in [-0.15, -0.1) is 0 Å². The maximum atomic E-state index is 11.5. The second kappa shape index (κ2) is 15.8. The van der Waals surface area contributed by atoms with Crippen molar-refractivity contribution in [2.45, 2.75) is 19.3 Å². The quantitative estimate of drug-likeness (QED) is 0.222. The van der Waals surface area contributed by atoms with Crippen LogP contribution in [0.4, 0.5) is 0 Å². The number of ether oxygens (including phenoxy) is 3. The van der Waals surface area contributed by atoms with Crippen LogP contribution in [-0.2, 0) is 28.6 Å². The third-order valence-corrected chi connectivity index (χ3v) is 2.96. The predicted molar refractivity (Wildman–Crippen MR) is 84.4 cm³/mol. The third-order valence-electron chi connectivity index (χ3n) is 2.96. The maximum Gasteiger partial charge on any atom is 0.307 e. The second-order valence-corrected chi connectivity index (χ2v) is 4.92. The summed E-state index contributed by atoms with van der Waals surface area (Å²) in [5.41, 5.74) is 0. The van der Waals surface area contributed by atoms with Crippen molar-refractivity contribution in [1.29, 1.82) is 0 Å². The summed E-state index contributed by atoms with van der Waals surface area (Å²) in [5.74, 6) is -1.49. The molecule has 0 rings (SSSR count). The Hall–Kier alpha value is -1.75. The van der Waals surface area contributed by atoms with Crippen LogP contribution in [0.15, 0.2) is 0 Å². The Morgan fingerprint density at radius 2 is 0.880 bits per heavy atom. The molecule has 0 unspecified atom stereocenters. The van der Waals surface area contributed by atoms with Crippen LogP contribution in [0.3, 0.4) is 0 Å². The number of aliphatic hydroxyl groups excluding tert-OH is 3. The Labute approximate surface area is 146 Å². The van der Waals surface area contributed by atoms with Gasteiger partial charge in [0, 0.05) is 19.6 Å². The molecule has 0 aliphatic rings. The summed E-state index contributed by atoms with van der Waals surface area (Å²) in [5, 5.41) is 25.8. The van der Waals surface area contributed by atoms with Crippen molar-refractivity contribution in [2.24, 2.45) is 0 Å². The molecule has 10 nitrogen and oxygen atoms in total. The first-order valence-electron chi connectivity index (χ1n) is 8.05. The first kappa shape index (κ1) is 23.2. The molecule has 0 amide bonds. The molecule has 0 spiro atoms. The fourth-order valence-corrected chi connectivity index (χ4v) is 1.78. The monoisotopic (exact) mass is 365 g/mol. The largest absolute Gasteiger partial charge is 0.463 e. The number of esters is 3. The van der Waals surface area contributed by atoms with Gasteiger partial charge < -0.3 is 34.4 Å². The lowest BCUT2D eigenvalue weighted by molar-refractivity contribution is -0.145. The number of rotatable bonds is 15. The van der Waals surface area contributed by atoms with Gasteiger partial charge in [0.25, 0.3) is 0 Å². The summed E-state index contributed by atoms with van der Waals surface area (Å²) in [6.07, 6.45) is 0.117. The van der Waals surface area contributed by atoms with E-state index in [9.17, 15) is 14.4 Å². The molecule has 0 aromatic heterocycles. The van der Waals surface area contributed by atoms with Crippen LogP contribution in [0.2, 0.25) is 0 Å². The molecule has 0 aliphatic carbocycles. The van der Waals surface area contributed by atoms with Crippen molar-refractivity contribution in [1.82, 2.24) is 4.90 Å². The van der Waals surface area contributed by atoms with E-state index in [1.54, 1.807) is 4.90 Å². The highest BCUT2D eigenvalue weighted by Gasteiger charge is 2.14. The maximum absolute atomic E-state index is 11.5. The highest BCUT2D eigenvalue weighted by molar-refractivity contribution is 5.71. The van der Waals surface area contributed by atoms with Gasteiger partial charge in [-0.2, -0.15) is 0 Å². The van der Waals surface area contributed by atoms with Crippen LogP contribution in [0.25, 0.3) is 0 Å². The average Bonchev–Trinajstić information content (AvgIpc) is 2.61. The van der Waals surface area contributed by atoms with Crippen LogP contribution in [-0.4, -0.2) is 97.4 Å². The van der Waals surface area contributed by atoms with Crippen molar-refractivity contribution in [2.75, 3.05) is 59.3 Å². The summed E-state index contributed by atoms with van der Waals surface area (Å²) < 4.78 is 14.2. The molecule has 3 N–H and O–H groups in total. The molecule has 0 bridgehead atoms. The molecule has 146 valence electrons. The van der Waals surface area contributed by atoms with E-state index in [0.29, 0.717) is 0 Å². The smallest absolute Gasteiger partial charge is 0.307 e. The zero-order chi connectivity index (χ0) is 18.9. The minimum Gasteiger partial charge on any atom is -0.463 e. The molecule has 0 saturated carbocycles. The van der Waals surface area contributed by atoms with Gasteiger partial charge in [-0.05, 0) is 0 Å². The van der Waals surface area contributed by atoms with Crippen molar-refractivity contribution in [3.8, 4) is 0 Å². The molecule has 0 heterocycles. The highest BCUT2D eigenvalue weighted by Crippen LogP contribution is 2.01. The van der Waals surface area contributed by atoms with Gasteiger partial charge in [0.1, 0.15) is 19.8 Å². The average molecular weight is 365 g/mol. The highest BCUT2D eigenvalue weighted by atomic mass is 16.5. The Balaban J connectivity index is 4.31. The second-order valence-electron chi connectivity index (χ2n) is 4.92. The van der Waals surface area contributed by atoms with Gasteiger partial charge in [0.15, 0.2) is 0 Å². The lowest BCUT2D eigenvalue weighted by Gasteiger charge is -2.21. The van der Waals surface area contributed by atoms with Gasteiger partial charge in [-0.25, -0.2) is 0 Å². The first-order chi connectivity index (χ1) is 12.0. The number of nitrogens with zero attached hydrogens (tertiary/aromatic N) is 1. The summed E-state index contributed by atoms with van der Waals surface area (Å²) in [7, 11) is 0. The van der Waals surface area contributed by atoms with E-state index in [-0.39, 0.29) is 78.5 Å². The molecule has 0 radical (unpaired) electrons. The van der Waals surface area contributed by atoms with E-state index in [0.717, 1.165) is 0 Å². The van der Waals surface area contributed by atoms with Crippen LogP contribution in [0.5, 0.6) is 0 Å². The molecule has 0 atom stereocenters. The number of aliphatic hydroxyl groups is 3. The molecule has 0 aromatic rings. The van der Waals surface area contributed by atoms with Gasteiger partial charge >= 0.3 is 17.9 Å². The molecule has 0 fully saturated rings. The summed E-state index contributed by atoms with van der Waals surface area (Å²) >= 11 is 0. The van der Waals surface area contributed by atoms with E-state index in [4.69, 9.17) is 29.5 Å². The van der Waals surface area contributed by atoms with E-state index in [1.807, 2.05) is 0 Å². The zero-order valence-electron chi connectivity index (χ0n) is 14.2. The number of hydrogen-bond acceptors (Lipinski definition) is 10. The number of hydrogen-bond donors (Lipinski definition) is 3. The van der Waals surface area contributed by atoms with E-state index in [2.05, 4.69) is 0 Å². The summed E-state index contributed by atoms with van der Waals surface area (Å²) in [6.45, 7) is -0.269. The minimum absolute atomic E-state index is 0.0391. The molecule has 0 aromatic carbocycles. The van der Waals surface area contributed by atoms with Crippen LogP contribution >= 0.6 is 0 Å². The van der Waals surface area contributed by atoms with E-state index >= 15 is 0 Å². The minimum atomic E-state index is -0.496. The lowest BCUT2D eigenvalue weighted by atomic mass is 10.3. The van der Waals surface area contributed by atoms with Crippen LogP contribution < -0.4 is 0 Å². The molecular weight excluding hydrogens is 338 g/mol. The Morgan fingerprint density at radius 3 is 1.12 bits per heavy atom. The Bertz CT molecular complexity index is 332. The van der Waals surface area contributed by atoms with Crippen molar-refractivity contribution in [3.05, 3.63) is 0 Å². The Kier molecular flexibility index (Phi) is 14.7. The zero-order valence-corrected chi connectivity index (χ0v) is 14.2. The summed E-state index contributed by atoms with van der Waals surface area (Å²) in [4.78, 5) is 36.1. The van der Waals surface area contributed by atoms with Gasteiger partial charge in [-0.1, -0.05) is 0 Å². The Morgan fingerprint density at radius 1 is 0.600 bits per heavy atom. The van der Waals surface area contributed by atoms with Crippen LogP contribution in [0.1, 0.15) is 19.3 Å². The molecule has 10 heteroatoms. The van der Waals surface area contributed by atoms with E-state index < -0.39 is 17.9 Å². The fraction of sp³-hybridized carbons (Fsp3) is 0.800. The van der Waals surface area contributed by atoms with Gasteiger partial charge in [-0.3, -0.25) is 14.4 Å². The SMILES string of the molecule is O=C(CCN(CCC(=O)OCCO)CCC(=O)OCCO)OCCO. The van der Waals surface area contributed by atoms with Crippen LogP contribution in [0, 0.1) is 0 Å². The molecule has 25 heavy (non-hydrogen) atoms.